The number of rotatable bonds is 7. The molecule has 122 valence electrons. The molecule has 1 saturated carbocycles. The summed E-state index contributed by atoms with van der Waals surface area (Å²) in [5, 5.41) is 2.83. The molecule has 1 aromatic carbocycles. The number of carbonyl (C=O) groups excluding carboxylic acids is 1. The zero-order valence-corrected chi connectivity index (χ0v) is 14.7. The zero-order chi connectivity index (χ0) is 16.3. The standard InChI is InChI=1S/C15H22N2O3S2/c1-10(9-21-3)15(18)16-13-5-4-6-14(11(13)2)22(19,20)17-12-7-8-12/h4-6,10,12,17H,7-9H2,1-3H3,(H,16,18)/t10-/m1/s1. The average molecular weight is 342 g/mol. The van der Waals surface area contributed by atoms with Crippen LogP contribution in [-0.4, -0.2) is 32.4 Å². The largest absolute Gasteiger partial charge is 0.326 e. The lowest BCUT2D eigenvalue weighted by Crippen LogP contribution is -2.27. The molecule has 0 heterocycles. The van der Waals surface area contributed by atoms with Crippen molar-refractivity contribution in [2.75, 3.05) is 17.3 Å². The number of carbonyl (C=O) groups is 1. The first-order valence-electron chi connectivity index (χ1n) is 7.27. The van der Waals surface area contributed by atoms with Gasteiger partial charge in [0.1, 0.15) is 0 Å². The van der Waals surface area contributed by atoms with Gasteiger partial charge in [-0.05, 0) is 43.7 Å². The molecule has 1 aromatic rings. The summed E-state index contributed by atoms with van der Waals surface area (Å²) in [6.45, 7) is 3.58. The zero-order valence-electron chi connectivity index (χ0n) is 13.0. The van der Waals surface area contributed by atoms with E-state index >= 15 is 0 Å². The quantitative estimate of drug-likeness (QED) is 0.798. The van der Waals surface area contributed by atoms with Crippen LogP contribution in [0.2, 0.25) is 0 Å². The minimum atomic E-state index is -3.52. The molecular formula is C15H22N2O3S2. The Labute approximate surface area is 136 Å². The Morgan fingerprint density at radius 3 is 2.68 bits per heavy atom. The molecule has 0 aromatic heterocycles. The van der Waals surface area contributed by atoms with Crippen LogP contribution in [0.4, 0.5) is 5.69 Å². The third-order valence-electron chi connectivity index (χ3n) is 3.59. The minimum Gasteiger partial charge on any atom is -0.326 e. The van der Waals surface area contributed by atoms with E-state index in [1.807, 2.05) is 13.2 Å². The first-order valence-corrected chi connectivity index (χ1v) is 10.1. The predicted molar refractivity (Wildman–Crippen MR) is 90.7 cm³/mol. The van der Waals surface area contributed by atoms with Gasteiger partial charge in [-0.15, -0.1) is 0 Å². The number of sulfonamides is 1. The second kappa shape index (κ2) is 7.02. The summed E-state index contributed by atoms with van der Waals surface area (Å²) in [6, 6.07) is 5.02. The lowest BCUT2D eigenvalue weighted by molar-refractivity contribution is -0.118. The Kier molecular flexibility index (Phi) is 5.52. The van der Waals surface area contributed by atoms with E-state index in [-0.39, 0.29) is 22.8 Å². The second-order valence-electron chi connectivity index (χ2n) is 5.67. The molecule has 0 radical (unpaired) electrons. The van der Waals surface area contributed by atoms with Crippen molar-refractivity contribution in [1.82, 2.24) is 4.72 Å². The van der Waals surface area contributed by atoms with Crippen LogP contribution in [0.15, 0.2) is 23.1 Å². The Balaban J connectivity index is 2.20. The number of amides is 1. The fourth-order valence-corrected chi connectivity index (χ4v) is 4.33. The van der Waals surface area contributed by atoms with E-state index in [4.69, 9.17) is 0 Å². The van der Waals surface area contributed by atoms with Gasteiger partial charge in [-0.3, -0.25) is 4.79 Å². The summed E-state index contributed by atoms with van der Waals surface area (Å²) in [4.78, 5) is 12.3. The number of benzene rings is 1. The van der Waals surface area contributed by atoms with Crippen molar-refractivity contribution in [2.45, 2.75) is 37.6 Å². The SMILES string of the molecule is CSC[C@@H](C)C(=O)Nc1cccc(S(=O)(=O)NC2CC2)c1C. The molecule has 0 bridgehead atoms. The number of thioether (sulfide) groups is 1. The summed E-state index contributed by atoms with van der Waals surface area (Å²) >= 11 is 1.61. The van der Waals surface area contributed by atoms with Crippen LogP contribution in [0.1, 0.15) is 25.3 Å². The highest BCUT2D eigenvalue weighted by Gasteiger charge is 2.29. The van der Waals surface area contributed by atoms with E-state index in [2.05, 4.69) is 10.0 Å². The van der Waals surface area contributed by atoms with E-state index in [0.717, 1.165) is 18.6 Å². The lowest BCUT2D eigenvalue weighted by atomic mass is 10.1. The molecule has 0 aliphatic heterocycles. The van der Waals surface area contributed by atoms with Crippen molar-refractivity contribution in [3.63, 3.8) is 0 Å². The molecule has 0 spiro atoms. The maximum atomic E-state index is 12.4. The first-order chi connectivity index (χ1) is 10.3. The first kappa shape index (κ1) is 17.3. The van der Waals surface area contributed by atoms with Crippen LogP contribution in [0.5, 0.6) is 0 Å². The summed E-state index contributed by atoms with van der Waals surface area (Å²) < 4.78 is 27.4. The molecule has 1 fully saturated rings. The van der Waals surface area contributed by atoms with E-state index in [1.165, 1.54) is 0 Å². The molecule has 2 rings (SSSR count). The van der Waals surface area contributed by atoms with Crippen molar-refractivity contribution < 1.29 is 13.2 Å². The topological polar surface area (TPSA) is 75.3 Å². The van der Waals surface area contributed by atoms with E-state index in [9.17, 15) is 13.2 Å². The van der Waals surface area contributed by atoms with Crippen LogP contribution in [-0.2, 0) is 14.8 Å². The Morgan fingerprint density at radius 1 is 1.41 bits per heavy atom. The fraction of sp³-hybridized carbons (Fsp3) is 0.533. The average Bonchev–Trinajstić information content (AvgIpc) is 3.24. The molecule has 1 aliphatic carbocycles. The van der Waals surface area contributed by atoms with Gasteiger partial charge in [0.05, 0.1) is 4.90 Å². The fourth-order valence-electron chi connectivity index (χ4n) is 2.11. The van der Waals surface area contributed by atoms with Gasteiger partial charge < -0.3 is 5.32 Å². The van der Waals surface area contributed by atoms with Crippen molar-refractivity contribution in [3.8, 4) is 0 Å². The van der Waals surface area contributed by atoms with Crippen LogP contribution in [0, 0.1) is 12.8 Å². The molecule has 2 N–H and O–H groups in total. The highest BCUT2D eigenvalue weighted by Crippen LogP contribution is 2.27. The molecule has 1 aliphatic rings. The van der Waals surface area contributed by atoms with Gasteiger partial charge in [-0.1, -0.05) is 13.0 Å². The maximum Gasteiger partial charge on any atom is 0.241 e. The van der Waals surface area contributed by atoms with Gasteiger partial charge in [0.15, 0.2) is 0 Å². The molecule has 5 nitrogen and oxygen atoms in total. The third kappa shape index (κ3) is 4.24. The highest BCUT2D eigenvalue weighted by molar-refractivity contribution is 7.98. The van der Waals surface area contributed by atoms with Crippen LogP contribution < -0.4 is 10.0 Å². The van der Waals surface area contributed by atoms with Gasteiger partial charge in [-0.25, -0.2) is 13.1 Å². The molecule has 0 saturated heterocycles. The van der Waals surface area contributed by atoms with E-state index < -0.39 is 10.0 Å². The molecule has 0 unspecified atom stereocenters. The second-order valence-corrected chi connectivity index (χ2v) is 8.26. The number of anilines is 1. The number of hydrogen-bond acceptors (Lipinski definition) is 4. The Bertz CT molecular complexity index is 655. The van der Waals surface area contributed by atoms with Crippen molar-refractivity contribution in [1.29, 1.82) is 0 Å². The number of nitrogens with one attached hydrogen (secondary N) is 2. The highest BCUT2D eigenvalue weighted by atomic mass is 32.2. The van der Waals surface area contributed by atoms with Crippen LogP contribution in [0.25, 0.3) is 0 Å². The molecule has 22 heavy (non-hydrogen) atoms. The Morgan fingerprint density at radius 2 is 2.09 bits per heavy atom. The van der Waals surface area contributed by atoms with Gasteiger partial charge in [0.25, 0.3) is 0 Å². The van der Waals surface area contributed by atoms with Gasteiger partial charge in [-0.2, -0.15) is 11.8 Å². The van der Waals surface area contributed by atoms with Crippen molar-refractivity contribution in [2.24, 2.45) is 5.92 Å². The van der Waals surface area contributed by atoms with Gasteiger partial charge in [0, 0.05) is 23.4 Å². The van der Waals surface area contributed by atoms with Gasteiger partial charge >= 0.3 is 0 Å². The van der Waals surface area contributed by atoms with Crippen molar-refractivity contribution >= 4 is 33.4 Å². The summed E-state index contributed by atoms with van der Waals surface area (Å²) in [6.07, 6.45) is 3.73. The molecule has 1 atom stereocenters. The number of hydrogen-bond donors (Lipinski definition) is 2. The normalized spacial score (nSPS) is 16.3. The smallest absolute Gasteiger partial charge is 0.241 e. The summed E-state index contributed by atoms with van der Waals surface area (Å²) in [7, 11) is -3.52. The molecular weight excluding hydrogens is 320 g/mol. The third-order valence-corrected chi connectivity index (χ3v) is 6.09. The predicted octanol–water partition coefficient (Wildman–Crippen LogP) is 2.37. The van der Waals surface area contributed by atoms with Crippen LogP contribution in [0.3, 0.4) is 0 Å². The minimum absolute atomic E-state index is 0.0595. The Hall–Kier alpha value is -1.05. The molecule has 7 heteroatoms. The molecule has 1 amide bonds. The van der Waals surface area contributed by atoms with Crippen molar-refractivity contribution in [3.05, 3.63) is 23.8 Å². The maximum absolute atomic E-state index is 12.4. The van der Waals surface area contributed by atoms with Gasteiger partial charge in [0.2, 0.25) is 15.9 Å². The monoisotopic (exact) mass is 342 g/mol. The van der Waals surface area contributed by atoms with E-state index in [0.29, 0.717) is 11.3 Å². The van der Waals surface area contributed by atoms with E-state index in [1.54, 1.807) is 36.9 Å². The summed E-state index contributed by atoms with van der Waals surface area (Å²) in [5.74, 6) is 0.507. The van der Waals surface area contributed by atoms with Crippen LogP contribution >= 0.6 is 11.8 Å². The lowest BCUT2D eigenvalue weighted by Gasteiger charge is -2.15. The summed E-state index contributed by atoms with van der Waals surface area (Å²) in [5.41, 5.74) is 1.12.